The molecule has 104 valence electrons. The Balaban J connectivity index is 1.69. The highest BCUT2D eigenvalue weighted by molar-refractivity contribution is 9.10. The van der Waals surface area contributed by atoms with E-state index in [9.17, 15) is 4.79 Å². The molecule has 0 spiro atoms. The van der Waals surface area contributed by atoms with Crippen molar-refractivity contribution in [1.29, 1.82) is 0 Å². The van der Waals surface area contributed by atoms with Crippen LogP contribution < -0.4 is 10.6 Å². The van der Waals surface area contributed by atoms with E-state index in [4.69, 9.17) is 11.6 Å². The molecule has 2 heterocycles. The Kier molecular flexibility index (Phi) is 3.78. The lowest BCUT2D eigenvalue weighted by Crippen LogP contribution is -2.44. The lowest BCUT2D eigenvalue weighted by atomic mass is 10.0. The molecule has 0 aliphatic carbocycles. The van der Waals surface area contributed by atoms with Crippen molar-refractivity contribution in [2.75, 3.05) is 5.32 Å². The molecule has 1 aliphatic heterocycles. The molecular formula is C13H12BrClN4O. The maximum Gasteiger partial charge on any atom is 0.241 e. The predicted molar refractivity (Wildman–Crippen MR) is 80.7 cm³/mol. The summed E-state index contributed by atoms with van der Waals surface area (Å²) in [6.07, 6.45) is 2.24. The number of carbonyl (C=O) groups excluding carboxylic acids is 1. The summed E-state index contributed by atoms with van der Waals surface area (Å²) in [6.45, 7) is 0.623. The molecule has 3 rings (SSSR count). The van der Waals surface area contributed by atoms with E-state index >= 15 is 0 Å². The quantitative estimate of drug-likeness (QED) is 0.775. The Morgan fingerprint density at radius 3 is 3.15 bits per heavy atom. The molecule has 0 bridgehead atoms. The first-order valence-electron chi connectivity index (χ1n) is 6.14. The van der Waals surface area contributed by atoms with Crippen LogP contribution in [0, 0.1) is 0 Å². The molecule has 1 unspecified atom stereocenters. The smallest absolute Gasteiger partial charge is 0.241 e. The minimum Gasteiger partial charge on any atom is -0.347 e. The maximum absolute atomic E-state index is 12.2. The highest BCUT2D eigenvalue weighted by atomic mass is 79.9. The van der Waals surface area contributed by atoms with Gasteiger partial charge in [0, 0.05) is 23.1 Å². The van der Waals surface area contributed by atoms with E-state index in [1.165, 1.54) is 0 Å². The molecule has 1 atom stereocenters. The summed E-state index contributed by atoms with van der Waals surface area (Å²) in [7, 11) is 0. The Morgan fingerprint density at radius 2 is 2.35 bits per heavy atom. The van der Waals surface area contributed by atoms with E-state index in [1.807, 2.05) is 0 Å². The van der Waals surface area contributed by atoms with Crippen LogP contribution in [0.1, 0.15) is 11.4 Å². The minimum atomic E-state index is -0.278. The topological polar surface area (TPSA) is 69.8 Å². The van der Waals surface area contributed by atoms with Gasteiger partial charge in [0.1, 0.15) is 0 Å². The summed E-state index contributed by atoms with van der Waals surface area (Å²) >= 11 is 9.26. The van der Waals surface area contributed by atoms with Gasteiger partial charge in [-0.15, -0.1) is 0 Å². The van der Waals surface area contributed by atoms with Crippen LogP contribution >= 0.6 is 27.5 Å². The second kappa shape index (κ2) is 5.55. The summed E-state index contributed by atoms with van der Waals surface area (Å²) < 4.78 is 0.753. The molecule has 0 saturated heterocycles. The standard InChI is InChI=1S/C13H12BrClN4O/c14-8-3-7(1-2-9(8)15)19-13(20)11-4-10-12(5-16-11)18-6-17-10/h1-3,6,11,16H,4-5H2,(H,17,18)(H,19,20). The number of rotatable bonds is 2. The van der Waals surface area contributed by atoms with E-state index in [1.54, 1.807) is 24.5 Å². The zero-order valence-corrected chi connectivity index (χ0v) is 12.8. The van der Waals surface area contributed by atoms with E-state index in [2.05, 4.69) is 36.5 Å². The molecule has 1 aliphatic rings. The molecule has 0 radical (unpaired) electrons. The number of halogens is 2. The molecule has 5 nitrogen and oxygen atoms in total. The number of nitrogens with zero attached hydrogens (tertiary/aromatic N) is 1. The molecule has 3 N–H and O–H groups in total. The number of nitrogens with one attached hydrogen (secondary N) is 3. The monoisotopic (exact) mass is 354 g/mol. The van der Waals surface area contributed by atoms with Gasteiger partial charge in [0.15, 0.2) is 0 Å². The third kappa shape index (κ3) is 2.72. The second-order valence-electron chi connectivity index (χ2n) is 4.58. The summed E-state index contributed by atoms with van der Waals surface area (Å²) in [4.78, 5) is 19.5. The van der Waals surface area contributed by atoms with Crippen LogP contribution in [0.3, 0.4) is 0 Å². The number of carbonyl (C=O) groups is 1. The largest absolute Gasteiger partial charge is 0.347 e. The van der Waals surface area contributed by atoms with Crippen LogP contribution in [0.2, 0.25) is 5.02 Å². The SMILES string of the molecule is O=C(Nc1ccc(Cl)c(Br)c1)C1Cc2nc[nH]c2CN1. The maximum atomic E-state index is 12.2. The molecule has 1 aromatic carbocycles. The number of hydrogen-bond acceptors (Lipinski definition) is 3. The molecule has 1 aromatic heterocycles. The van der Waals surface area contributed by atoms with Crippen molar-refractivity contribution >= 4 is 39.1 Å². The fourth-order valence-electron chi connectivity index (χ4n) is 2.16. The fraction of sp³-hybridized carbons (Fsp3) is 0.231. The number of hydrogen-bond donors (Lipinski definition) is 3. The second-order valence-corrected chi connectivity index (χ2v) is 5.85. The van der Waals surface area contributed by atoms with Crippen LogP contribution in [0.4, 0.5) is 5.69 Å². The number of aromatic amines is 1. The predicted octanol–water partition coefficient (Wildman–Crippen LogP) is 2.48. The number of anilines is 1. The average molecular weight is 356 g/mol. The van der Waals surface area contributed by atoms with Crippen LogP contribution in [0.25, 0.3) is 0 Å². The summed E-state index contributed by atoms with van der Waals surface area (Å²) in [5.74, 6) is -0.0760. The number of amides is 1. The molecule has 1 amide bonds. The van der Waals surface area contributed by atoms with Crippen molar-refractivity contribution in [2.45, 2.75) is 19.0 Å². The number of H-pyrrole nitrogens is 1. The average Bonchev–Trinajstić information content (AvgIpc) is 2.90. The Labute approximate surface area is 129 Å². The third-order valence-corrected chi connectivity index (χ3v) is 4.45. The van der Waals surface area contributed by atoms with Crippen molar-refractivity contribution in [2.24, 2.45) is 0 Å². The van der Waals surface area contributed by atoms with Gasteiger partial charge >= 0.3 is 0 Å². The van der Waals surface area contributed by atoms with Crippen molar-refractivity contribution in [3.8, 4) is 0 Å². The fourth-order valence-corrected chi connectivity index (χ4v) is 2.65. The zero-order chi connectivity index (χ0) is 14.1. The van der Waals surface area contributed by atoms with Gasteiger partial charge in [-0.2, -0.15) is 0 Å². The van der Waals surface area contributed by atoms with Gasteiger partial charge in [0.25, 0.3) is 0 Å². The highest BCUT2D eigenvalue weighted by Gasteiger charge is 2.25. The van der Waals surface area contributed by atoms with Crippen molar-refractivity contribution in [3.05, 3.63) is 45.4 Å². The van der Waals surface area contributed by atoms with Gasteiger partial charge in [-0.3, -0.25) is 10.1 Å². The molecule has 2 aromatic rings. The van der Waals surface area contributed by atoms with Crippen LogP contribution in [0.5, 0.6) is 0 Å². The van der Waals surface area contributed by atoms with Gasteiger partial charge in [-0.25, -0.2) is 4.98 Å². The number of aromatic nitrogens is 2. The third-order valence-electron chi connectivity index (χ3n) is 3.23. The van der Waals surface area contributed by atoms with Gasteiger partial charge in [-0.05, 0) is 34.1 Å². The minimum absolute atomic E-state index is 0.0760. The molecular weight excluding hydrogens is 344 g/mol. The van der Waals surface area contributed by atoms with Crippen molar-refractivity contribution in [3.63, 3.8) is 0 Å². The van der Waals surface area contributed by atoms with Crippen LogP contribution in [0.15, 0.2) is 29.0 Å². The van der Waals surface area contributed by atoms with E-state index < -0.39 is 0 Å². The van der Waals surface area contributed by atoms with Crippen LogP contribution in [-0.4, -0.2) is 21.9 Å². The van der Waals surface area contributed by atoms with E-state index in [0.29, 0.717) is 23.7 Å². The van der Waals surface area contributed by atoms with E-state index in [-0.39, 0.29) is 11.9 Å². The molecule has 20 heavy (non-hydrogen) atoms. The van der Waals surface area contributed by atoms with Gasteiger partial charge in [0.05, 0.1) is 28.8 Å². The van der Waals surface area contributed by atoms with Gasteiger partial charge in [0.2, 0.25) is 5.91 Å². The Hall–Kier alpha value is -1.37. The van der Waals surface area contributed by atoms with Crippen molar-refractivity contribution < 1.29 is 4.79 Å². The lowest BCUT2D eigenvalue weighted by Gasteiger charge is -2.22. The Morgan fingerprint density at radius 1 is 1.50 bits per heavy atom. The van der Waals surface area contributed by atoms with Gasteiger partial charge < -0.3 is 10.3 Å². The first-order chi connectivity index (χ1) is 9.63. The first-order valence-corrected chi connectivity index (χ1v) is 7.31. The van der Waals surface area contributed by atoms with Crippen molar-refractivity contribution in [1.82, 2.24) is 15.3 Å². The van der Waals surface area contributed by atoms with E-state index in [0.717, 1.165) is 15.9 Å². The molecule has 7 heteroatoms. The zero-order valence-electron chi connectivity index (χ0n) is 10.4. The molecule has 0 fully saturated rings. The first kappa shape index (κ1) is 13.6. The number of benzene rings is 1. The number of fused-ring (bicyclic) bond motifs is 1. The number of imidazole rings is 1. The Bertz CT molecular complexity index is 658. The normalized spacial score (nSPS) is 17.6. The summed E-state index contributed by atoms with van der Waals surface area (Å²) in [5, 5.41) is 6.67. The highest BCUT2D eigenvalue weighted by Crippen LogP contribution is 2.25. The summed E-state index contributed by atoms with van der Waals surface area (Å²) in [5.41, 5.74) is 2.70. The summed E-state index contributed by atoms with van der Waals surface area (Å²) in [6, 6.07) is 5.01. The van der Waals surface area contributed by atoms with Gasteiger partial charge in [-0.1, -0.05) is 11.6 Å². The molecule has 0 saturated carbocycles. The van der Waals surface area contributed by atoms with Crippen LogP contribution in [-0.2, 0) is 17.8 Å². The lowest BCUT2D eigenvalue weighted by molar-refractivity contribution is -0.118.